The van der Waals surface area contributed by atoms with E-state index in [0.717, 1.165) is 35.2 Å². The summed E-state index contributed by atoms with van der Waals surface area (Å²) in [6.45, 7) is 1.99. The van der Waals surface area contributed by atoms with Crippen molar-refractivity contribution in [3.8, 4) is 0 Å². The highest BCUT2D eigenvalue weighted by molar-refractivity contribution is 5.87. The van der Waals surface area contributed by atoms with Gasteiger partial charge in [-0.15, -0.1) is 0 Å². The maximum Gasteiger partial charge on any atom is 0.211 e. The Labute approximate surface area is 101 Å². The molecule has 0 bridgehead atoms. The molecule has 0 unspecified atom stereocenters. The zero-order valence-electron chi connectivity index (χ0n) is 9.99. The van der Waals surface area contributed by atoms with Gasteiger partial charge in [0.05, 0.1) is 0 Å². The molecule has 0 atom stereocenters. The number of rotatable bonds is 6. The summed E-state index contributed by atoms with van der Waals surface area (Å²) in [4.78, 5) is 20.9. The number of hydrogen-bond donors (Lipinski definition) is 2. The van der Waals surface area contributed by atoms with Crippen molar-refractivity contribution < 1.29 is 9.59 Å². The van der Waals surface area contributed by atoms with Crippen molar-refractivity contribution in [1.29, 1.82) is 0 Å². The Morgan fingerprint density at radius 1 is 1.35 bits per heavy atom. The van der Waals surface area contributed by atoms with Gasteiger partial charge < -0.3 is 10.6 Å². The predicted molar refractivity (Wildman–Crippen MR) is 70.0 cm³/mol. The van der Waals surface area contributed by atoms with E-state index in [1.54, 1.807) is 19.2 Å². The van der Waals surface area contributed by atoms with Crippen LogP contribution >= 0.6 is 0 Å². The van der Waals surface area contributed by atoms with Crippen molar-refractivity contribution in [2.75, 3.05) is 17.7 Å². The van der Waals surface area contributed by atoms with Crippen molar-refractivity contribution in [3.63, 3.8) is 0 Å². The number of allylic oxidation sites excluding steroid dienone is 2. The SMILES string of the molecule is CC/C(=C/C=O)c1ccc(NC=O)cc1NC. The molecule has 0 saturated heterocycles. The Bertz CT molecular complexity index is 439. The van der Waals surface area contributed by atoms with E-state index in [2.05, 4.69) is 10.6 Å². The molecule has 1 amide bonds. The van der Waals surface area contributed by atoms with E-state index in [1.165, 1.54) is 0 Å². The summed E-state index contributed by atoms with van der Waals surface area (Å²) in [6, 6.07) is 5.52. The Kier molecular flexibility index (Phi) is 4.94. The first-order valence-electron chi connectivity index (χ1n) is 5.43. The van der Waals surface area contributed by atoms with Gasteiger partial charge in [-0.3, -0.25) is 9.59 Å². The van der Waals surface area contributed by atoms with E-state index >= 15 is 0 Å². The van der Waals surface area contributed by atoms with Gasteiger partial charge in [0.2, 0.25) is 6.41 Å². The average molecular weight is 232 g/mol. The summed E-state index contributed by atoms with van der Waals surface area (Å²) >= 11 is 0. The van der Waals surface area contributed by atoms with Crippen LogP contribution in [0.3, 0.4) is 0 Å². The lowest BCUT2D eigenvalue weighted by Crippen LogP contribution is -1.99. The summed E-state index contributed by atoms with van der Waals surface area (Å²) < 4.78 is 0. The lowest BCUT2D eigenvalue weighted by molar-refractivity contribution is -0.105. The molecule has 1 rings (SSSR count). The van der Waals surface area contributed by atoms with Gasteiger partial charge in [0.1, 0.15) is 6.29 Å². The second-order valence-electron chi connectivity index (χ2n) is 3.45. The topological polar surface area (TPSA) is 58.2 Å². The van der Waals surface area contributed by atoms with Gasteiger partial charge >= 0.3 is 0 Å². The number of hydrogen-bond acceptors (Lipinski definition) is 3. The highest BCUT2D eigenvalue weighted by Crippen LogP contribution is 2.28. The third-order valence-electron chi connectivity index (χ3n) is 2.51. The summed E-state index contributed by atoms with van der Waals surface area (Å²) in [5.41, 5.74) is 3.53. The van der Waals surface area contributed by atoms with Crippen LogP contribution in [0.15, 0.2) is 24.3 Å². The molecule has 1 aromatic carbocycles. The molecule has 2 N–H and O–H groups in total. The lowest BCUT2D eigenvalue weighted by atomic mass is 10.0. The minimum atomic E-state index is 0.635. The van der Waals surface area contributed by atoms with Crippen LogP contribution in [0.5, 0.6) is 0 Å². The molecular weight excluding hydrogens is 216 g/mol. The normalized spacial score (nSPS) is 10.8. The van der Waals surface area contributed by atoms with Crippen molar-refractivity contribution in [2.45, 2.75) is 13.3 Å². The molecule has 90 valence electrons. The largest absolute Gasteiger partial charge is 0.388 e. The van der Waals surface area contributed by atoms with Crippen LogP contribution in [0.25, 0.3) is 5.57 Å². The van der Waals surface area contributed by atoms with E-state index < -0.39 is 0 Å². The standard InChI is InChI=1S/C13H16N2O2/c1-3-10(6-7-16)12-5-4-11(15-9-17)8-13(12)14-2/h4-9,14H,3H2,1-2H3,(H,15,17)/b10-6-. The van der Waals surface area contributed by atoms with E-state index in [0.29, 0.717) is 6.41 Å². The van der Waals surface area contributed by atoms with Crippen LogP contribution < -0.4 is 10.6 Å². The summed E-state index contributed by atoms with van der Waals surface area (Å²) in [5, 5.41) is 5.64. The molecule has 1 aromatic rings. The molecule has 4 heteroatoms. The fraction of sp³-hybridized carbons (Fsp3) is 0.231. The molecule has 0 radical (unpaired) electrons. The van der Waals surface area contributed by atoms with Gasteiger partial charge in [-0.2, -0.15) is 0 Å². The van der Waals surface area contributed by atoms with Gasteiger partial charge in [0, 0.05) is 24.0 Å². The van der Waals surface area contributed by atoms with Gasteiger partial charge in [-0.25, -0.2) is 0 Å². The molecule has 0 aliphatic heterocycles. The maximum atomic E-state index is 10.6. The summed E-state index contributed by atoms with van der Waals surface area (Å²) in [6.07, 6.45) is 3.75. The number of amides is 1. The number of aldehydes is 1. The van der Waals surface area contributed by atoms with Gasteiger partial charge in [-0.05, 0) is 30.2 Å². The number of carbonyl (C=O) groups is 2. The number of nitrogens with one attached hydrogen (secondary N) is 2. The first-order valence-corrected chi connectivity index (χ1v) is 5.43. The average Bonchev–Trinajstić information content (AvgIpc) is 2.36. The third kappa shape index (κ3) is 3.17. The molecule has 0 aromatic heterocycles. The first kappa shape index (κ1) is 13.0. The van der Waals surface area contributed by atoms with Crippen LogP contribution in [0.2, 0.25) is 0 Å². The fourth-order valence-corrected chi connectivity index (χ4v) is 1.67. The zero-order valence-corrected chi connectivity index (χ0v) is 9.99. The van der Waals surface area contributed by atoms with Crippen molar-refractivity contribution in [1.82, 2.24) is 0 Å². The molecule has 0 aliphatic carbocycles. The second kappa shape index (κ2) is 6.48. The minimum Gasteiger partial charge on any atom is -0.388 e. The molecule has 17 heavy (non-hydrogen) atoms. The van der Waals surface area contributed by atoms with Crippen LogP contribution in [0.4, 0.5) is 11.4 Å². The van der Waals surface area contributed by atoms with Crippen LogP contribution in [-0.4, -0.2) is 19.7 Å². The molecule has 0 saturated carbocycles. The van der Waals surface area contributed by atoms with Crippen LogP contribution in [0, 0.1) is 0 Å². The smallest absolute Gasteiger partial charge is 0.211 e. The van der Waals surface area contributed by atoms with E-state index in [4.69, 9.17) is 0 Å². The molecule has 0 aliphatic rings. The number of carbonyl (C=O) groups excluding carboxylic acids is 2. The molecule has 0 fully saturated rings. The summed E-state index contributed by atoms with van der Waals surface area (Å²) in [7, 11) is 1.80. The zero-order chi connectivity index (χ0) is 12.7. The minimum absolute atomic E-state index is 0.635. The van der Waals surface area contributed by atoms with Gasteiger partial charge in [-0.1, -0.05) is 13.0 Å². The first-order chi connectivity index (χ1) is 8.26. The molecule has 0 spiro atoms. The van der Waals surface area contributed by atoms with Gasteiger partial charge in [0.15, 0.2) is 0 Å². The number of benzene rings is 1. The predicted octanol–water partition coefficient (Wildman–Crippen LogP) is 2.29. The van der Waals surface area contributed by atoms with Crippen LogP contribution in [0.1, 0.15) is 18.9 Å². The third-order valence-corrected chi connectivity index (χ3v) is 2.51. The molecular formula is C13H16N2O2. The summed E-state index contributed by atoms with van der Waals surface area (Å²) in [5.74, 6) is 0. The highest BCUT2D eigenvalue weighted by Gasteiger charge is 2.06. The fourth-order valence-electron chi connectivity index (χ4n) is 1.67. The second-order valence-corrected chi connectivity index (χ2v) is 3.45. The highest BCUT2D eigenvalue weighted by atomic mass is 16.1. The Balaban J connectivity index is 3.19. The number of anilines is 2. The molecule has 4 nitrogen and oxygen atoms in total. The van der Waals surface area contributed by atoms with Crippen molar-refractivity contribution in [2.24, 2.45) is 0 Å². The Morgan fingerprint density at radius 2 is 2.12 bits per heavy atom. The monoisotopic (exact) mass is 232 g/mol. The van der Waals surface area contributed by atoms with Crippen molar-refractivity contribution >= 4 is 29.6 Å². The van der Waals surface area contributed by atoms with E-state index in [9.17, 15) is 9.59 Å². The Hall–Kier alpha value is -2.10. The van der Waals surface area contributed by atoms with E-state index in [1.807, 2.05) is 19.1 Å². The van der Waals surface area contributed by atoms with Gasteiger partial charge in [0.25, 0.3) is 0 Å². The van der Waals surface area contributed by atoms with Crippen LogP contribution in [-0.2, 0) is 9.59 Å². The van der Waals surface area contributed by atoms with Crippen molar-refractivity contribution in [3.05, 3.63) is 29.8 Å². The van der Waals surface area contributed by atoms with E-state index in [-0.39, 0.29) is 0 Å². The maximum absolute atomic E-state index is 10.6. The quantitative estimate of drug-likeness (QED) is 0.584. The molecule has 0 heterocycles. The lowest BCUT2D eigenvalue weighted by Gasteiger charge is -2.12. The Morgan fingerprint density at radius 3 is 2.65 bits per heavy atom.